The number of pyridine rings is 1. The summed E-state index contributed by atoms with van der Waals surface area (Å²) in [4.78, 5) is 6.68. The van der Waals surface area contributed by atoms with Gasteiger partial charge in [-0.1, -0.05) is 12.1 Å². The zero-order valence-corrected chi connectivity index (χ0v) is 19.8. The number of fused-ring (bicyclic) bond motifs is 1. The van der Waals surface area contributed by atoms with Gasteiger partial charge in [-0.05, 0) is 43.2 Å². The predicted molar refractivity (Wildman–Crippen MR) is 127 cm³/mol. The Kier molecular flexibility index (Phi) is 9.28. The van der Waals surface area contributed by atoms with Crippen molar-refractivity contribution in [3.05, 3.63) is 59.8 Å². The molecule has 1 aromatic carbocycles. The first kappa shape index (κ1) is 23.8. The Morgan fingerprint density at radius 3 is 2.83 bits per heavy atom. The molecule has 7 nitrogen and oxygen atoms in total. The smallest absolute Gasteiger partial charge is 0.193 e. The van der Waals surface area contributed by atoms with Gasteiger partial charge in [0.15, 0.2) is 23.2 Å². The van der Waals surface area contributed by atoms with E-state index in [1.54, 1.807) is 6.07 Å². The molecule has 0 bridgehead atoms. The molecule has 1 N–H and O–H groups in total. The van der Waals surface area contributed by atoms with Crippen LogP contribution in [0.4, 0.5) is 4.39 Å². The molecule has 9 heteroatoms. The Morgan fingerprint density at radius 2 is 2.10 bits per heavy atom. The van der Waals surface area contributed by atoms with Crippen LogP contribution in [0, 0.1) is 5.82 Å². The quantitative estimate of drug-likeness (QED) is 0.211. The Bertz CT molecular complexity index is 977. The van der Waals surface area contributed by atoms with Crippen LogP contribution in [0.1, 0.15) is 24.7 Å². The molecule has 0 saturated carbocycles. The zero-order valence-electron chi connectivity index (χ0n) is 17.5. The molecular formula is C21H28FIN6O. The molecule has 0 spiro atoms. The summed E-state index contributed by atoms with van der Waals surface area (Å²) in [6.45, 7) is 3.99. The summed E-state index contributed by atoms with van der Waals surface area (Å²) in [6, 6.07) is 10.9. The number of ether oxygens (including phenoxy) is 1. The van der Waals surface area contributed by atoms with E-state index in [0.717, 1.165) is 42.4 Å². The van der Waals surface area contributed by atoms with E-state index in [9.17, 15) is 4.39 Å². The first-order valence-electron chi connectivity index (χ1n) is 9.73. The van der Waals surface area contributed by atoms with Crippen LogP contribution >= 0.6 is 24.0 Å². The number of guanidine groups is 1. The van der Waals surface area contributed by atoms with Crippen molar-refractivity contribution >= 4 is 35.6 Å². The standard InChI is InChI=1S/C21H27FN6O.HI/c1-4-23-21(27(2)15-16-10-11-18(29-3)17(22)14-16)24-12-7-9-20-26-25-19-8-5-6-13-28(19)20;/h5-6,8,10-11,13-14H,4,7,9,12,15H2,1-3H3,(H,23,24);1H. The van der Waals surface area contributed by atoms with E-state index in [1.807, 2.05) is 53.7 Å². The number of hydrogen-bond donors (Lipinski definition) is 1. The van der Waals surface area contributed by atoms with Crippen LogP contribution in [-0.4, -0.2) is 52.7 Å². The van der Waals surface area contributed by atoms with Gasteiger partial charge in [0.05, 0.1) is 7.11 Å². The van der Waals surface area contributed by atoms with Crippen molar-refractivity contribution in [3.8, 4) is 5.75 Å². The first-order valence-corrected chi connectivity index (χ1v) is 9.73. The van der Waals surface area contributed by atoms with Gasteiger partial charge in [0.1, 0.15) is 5.82 Å². The third-order valence-electron chi connectivity index (χ3n) is 4.54. The van der Waals surface area contributed by atoms with Gasteiger partial charge in [-0.2, -0.15) is 0 Å². The molecule has 0 aliphatic heterocycles. The Morgan fingerprint density at radius 1 is 1.27 bits per heavy atom. The van der Waals surface area contributed by atoms with Crippen molar-refractivity contribution in [2.45, 2.75) is 26.3 Å². The fourth-order valence-corrected chi connectivity index (χ4v) is 3.11. The number of aliphatic imine (C=N–C) groups is 1. The minimum absolute atomic E-state index is 0. The maximum absolute atomic E-state index is 13.9. The Balaban J connectivity index is 0.00000320. The Hall–Kier alpha value is -2.43. The Labute approximate surface area is 193 Å². The lowest BCUT2D eigenvalue weighted by Crippen LogP contribution is -2.38. The molecule has 0 radical (unpaired) electrons. The molecule has 162 valence electrons. The van der Waals surface area contributed by atoms with Crippen molar-refractivity contribution in [3.63, 3.8) is 0 Å². The van der Waals surface area contributed by atoms with E-state index in [2.05, 4.69) is 15.5 Å². The normalized spacial score (nSPS) is 11.3. The van der Waals surface area contributed by atoms with Gasteiger partial charge >= 0.3 is 0 Å². The topological polar surface area (TPSA) is 67.0 Å². The van der Waals surface area contributed by atoms with Crippen molar-refractivity contribution in [1.29, 1.82) is 0 Å². The second kappa shape index (κ2) is 11.7. The van der Waals surface area contributed by atoms with Crippen LogP contribution in [-0.2, 0) is 13.0 Å². The number of methoxy groups -OCH3 is 1. The van der Waals surface area contributed by atoms with Gasteiger partial charge in [-0.25, -0.2) is 4.39 Å². The number of benzene rings is 1. The fraction of sp³-hybridized carbons (Fsp3) is 0.381. The number of aryl methyl sites for hydroxylation is 1. The molecule has 2 aromatic heterocycles. The number of nitrogens with zero attached hydrogens (tertiary/aromatic N) is 5. The second-order valence-electron chi connectivity index (χ2n) is 6.71. The van der Waals surface area contributed by atoms with E-state index < -0.39 is 0 Å². The van der Waals surface area contributed by atoms with Crippen molar-refractivity contribution < 1.29 is 9.13 Å². The predicted octanol–water partition coefficient (Wildman–Crippen LogP) is 3.53. The molecule has 0 unspecified atom stereocenters. The summed E-state index contributed by atoms with van der Waals surface area (Å²) in [5.74, 6) is 1.61. The molecule has 0 aliphatic carbocycles. The SMILES string of the molecule is CCNC(=NCCCc1nnc2ccccn12)N(C)Cc1ccc(OC)c(F)c1.I. The molecule has 0 amide bonds. The number of halogens is 2. The van der Waals surface area contributed by atoms with E-state index in [4.69, 9.17) is 9.73 Å². The zero-order chi connectivity index (χ0) is 20.6. The minimum atomic E-state index is -0.360. The van der Waals surface area contributed by atoms with Gasteiger partial charge in [0.2, 0.25) is 0 Å². The molecule has 0 fully saturated rings. The highest BCUT2D eigenvalue weighted by atomic mass is 127. The fourth-order valence-electron chi connectivity index (χ4n) is 3.11. The van der Waals surface area contributed by atoms with Crippen LogP contribution in [0.2, 0.25) is 0 Å². The third kappa shape index (κ3) is 6.04. The molecule has 0 saturated heterocycles. The molecule has 3 rings (SSSR count). The maximum Gasteiger partial charge on any atom is 0.193 e. The highest BCUT2D eigenvalue weighted by Gasteiger charge is 2.10. The van der Waals surface area contributed by atoms with Gasteiger partial charge in [0.25, 0.3) is 0 Å². The summed E-state index contributed by atoms with van der Waals surface area (Å²) < 4.78 is 20.9. The lowest BCUT2D eigenvalue weighted by molar-refractivity contribution is 0.385. The molecule has 30 heavy (non-hydrogen) atoms. The van der Waals surface area contributed by atoms with E-state index in [0.29, 0.717) is 13.1 Å². The van der Waals surface area contributed by atoms with Gasteiger partial charge in [0, 0.05) is 39.3 Å². The summed E-state index contributed by atoms with van der Waals surface area (Å²) >= 11 is 0. The van der Waals surface area contributed by atoms with Crippen LogP contribution in [0.3, 0.4) is 0 Å². The van der Waals surface area contributed by atoms with Gasteiger partial charge in [-0.15, -0.1) is 34.2 Å². The van der Waals surface area contributed by atoms with E-state index in [-0.39, 0.29) is 35.5 Å². The van der Waals surface area contributed by atoms with Crippen LogP contribution in [0.15, 0.2) is 47.6 Å². The number of aromatic nitrogens is 3. The van der Waals surface area contributed by atoms with E-state index in [1.165, 1.54) is 13.2 Å². The lowest BCUT2D eigenvalue weighted by atomic mass is 10.2. The van der Waals surface area contributed by atoms with Crippen LogP contribution in [0.5, 0.6) is 5.75 Å². The summed E-state index contributed by atoms with van der Waals surface area (Å²) in [5.41, 5.74) is 1.71. The lowest BCUT2D eigenvalue weighted by Gasteiger charge is -2.22. The highest BCUT2D eigenvalue weighted by molar-refractivity contribution is 14.0. The van der Waals surface area contributed by atoms with Crippen LogP contribution < -0.4 is 10.1 Å². The largest absolute Gasteiger partial charge is 0.494 e. The second-order valence-corrected chi connectivity index (χ2v) is 6.71. The number of hydrogen-bond acceptors (Lipinski definition) is 4. The molecule has 0 aliphatic rings. The average molecular weight is 526 g/mol. The number of nitrogens with one attached hydrogen (secondary N) is 1. The van der Waals surface area contributed by atoms with E-state index >= 15 is 0 Å². The maximum atomic E-state index is 13.9. The van der Waals surface area contributed by atoms with Gasteiger partial charge in [-0.3, -0.25) is 9.39 Å². The van der Waals surface area contributed by atoms with Crippen molar-refractivity contribution in [2.24, 2.45) is 4.99 Å². The summed E-state index contributed by atoms with van der Waals surface area (Å²) in [7, 11) is 3.40. The van der Waals surface area contributed by atoms with Crippen molar-refractivity contribution in [2.75, 3.05) is 27.2 Å². The highest BCUT2D eigenvalue weighted by Crippen LogP contribution is 2.18. The summed E-state index contributed by atoms with van der Waals surface area (Å²) in [5, 5.41) is 11.7. The summed E-state index contributed by atoms with van der Waals surface area (Å²) in [6.07, 6.45) is 3.62. The van der Waals surface area contributed by atoms with Crippen LogP contribution in [0.25, 0.3) is 5.65 Å². The third-order valence-corrected chi connectivity index (χ3v) is 4.54. The van der Waals surface area contributed by atoms with Gasteiger partial charge < -0.3 is 15.0 Å². The molecule has 3 aromatic rings. The van der Waals surface area contributed by atoms with Crippen molar-refractivity contribution in [1.82, 2.24) is 24.8 Å². The molecular weight excluding hydrogens is 498 g/mol. The average Bonchev–Trinajstić information content (AvgIpc) is 3.13. The minimum Gasteiger partial charge on any atom is -0.494 e. The molecule has 2 heterocycles. The molecule has 0 atom stereocenters. The number of rotatable bonds is 8. The first-order chi connectivity index (χ1) is 14.1. The monoisotopic (exact) mass is 526 g/mol.